The standard InChI is InChI=1S/C23H34/c1-5-7-21-13-14-22-19(8-6-15-23(21,22)4)11-12-20-16-17(2)9-10-18(20)3/h5,8,11-12,17,21-22H,1,6-7,9-10,13-16H2,2-4H3/b12-11-. The summed E-state index contributed by atoms with van der Waals surface area (Å²) in [5.74, 6) is 2.48. The monoisotopic (exact) mass is 310 g/mol. The Labute approximate surface area is 143 Å². The van der Waals surface area contributed by atoms with E-state index in [2.05, 4.69) is 51.7 Å². The van der Waals surface area contributed by atoms with Gasteiger partial charge in [0.1, 0.15) is 0 Å². The van der Waals surface area contributed by atoms with Crippen LogP contribution < -0.4 is 0 Å². The SMILES string of the molecule is C=CCC1CCC2C(/C=C\C3=C(C)CCC(C)C3)=CCCC12C. The van der Waals surface area contributed by atoms with Gasteiger partial charge in [-0.15, -0.1) is 6.58 Å². The van der Waals surface area contributed by atoms with Crippen molar-refractivity contribution in [3.05, 3.63) is 47.6 Å². The van der Waals surface area contributed by atoms with Crippen LogP contribution in [0.5, 0.6) is 0 Å². The van der Waals surface area contributed by atoms with Crippen molar-refractivity contribution in [3.63, 3.8) is 0 Å². The highest BCUT2D eigenvalue weighted by molar-refractivity contribution is 5.36. The molecule has 0 saturated heterocycles. The predicted octanol–water partition coefficient (Wildman–Crippen LogP) is 7.01. The Kier molecular flexibility index (Phi) is 4.99. The maximum atomic E-state index is 3.99. The van der Waals surface area contributed by atoms with Gasteiger partial charge in [-0.1, -0.05) is 43.7 Å². The number of fused-ring (bicyclic) bond motifs is 1. The van der Waals surface area contributed by atoms with Crippen LogP contribution in [0.1, 0.15) is 72.1 Å². The van der Waals surface area contributed by atoms with Crippen LogP contribution in [0, 0.1) is 23.2 Å². The average Bonchev–Trinajstić information content (AvgIpc) is 2.86. The first-order valence-electron chi connectivity index (χ1n) is 9.72. The number of allylic oxidation sites excluding steroid dienone is 7. The number of hydrogen-bond donors (Lipinski definition) is 0. The van der Waals surface area contributed by atoms with Gasteiger partial charge in [0.05, 0.1) is 0 Å². The molecule has 0 amide bonds. The van der Waals surface area contributed by atoms with Crippen molar-refractivity contribution in [2.24, 2.45) is 23.2 Å². The molecule has 1 saturated carbocycles. The topological polar surface area (TPSA) is 0 Å². The first-order valence-corrected chi connectivity index (χ1v) is 9.72. The predicted molar refractivity (Wildman–Crippen MR) is 101 cm³/mol. The van der Waals surface area contributed by atoms with Crippen LogP contribution in [0.2, 0.25) is 0 Å². The zero-order valence-corrected chi connectivity index (χ0v) is 15.4. The summed E-state index contributed by atoms with van der Waals surface area (Å²) in [6.07, 6.45) is 20.1. The lowest BCUT2D eigenvalue weighted by atomic mass is 9.64. The molecule has 1 fully saturated rings. The fraction of sp³-hybridized carbons (Fsp3) is 0.652. The molecule has 3 aliphatic carbocycles. The molecule has 0 bridgehead atoms. The largest absolute Gasteiger partial charge is 0.103 e. The molecule has 23 heavy (non-hydrogen) atoms. The maximum Gasteiger partial charge on any atom is -0.0108 e. The van der Waals surface area contributed by atoms with E-state index in [9.17, 15) is 0 Å². The number of hydrogen-bond acceptors (Lipinski definition) is 0. The number of rotatable bonds is 4. The second kappa shape index (κ2) is 6.83. The minimum atomic E-state index is 0.506. The van der Waals surface area contributed by atoms with Gasteiger partial charge < -0.3 is 0 Å². The summed E-state index contributed by atoms with van der Waals surface area (Å²) in [6, 6.07) is 0. The molecule has 3 rings (SSSR count). The zero-order chi connectivity index (χ0) is 16.4. The third-order valence-corrected chi connectivity index (χ3v) is 7.05. The first-order chi connectivity index (χ1) is 11.0. The van der Waals surface area contributed by atoms with Gasteiger partial charge in [-0.05, 0) is 92.6 Å². The molecular formula is C23H34. The van der Waals surface area contributed by atoms with E-state index < -0.39 is 0 Å². The van der Waals surface area contributed by atoms with Crippen molar-refractivity contribution >= 4 is 0 Å². The minimum Gasteiger partial charge on any atom is -0.103 e. The average molecular weight is 311 g/mol. The molecule has 4 atom stereocenters. The molecule has 0 heteroatoms. The van der Waals surface area contributed by atoms with Gasteiger partial charge in [0.15, 0.2) is 0 Å². The molecule has 0 spiro atoms. The highest BCUT2D eigenvalue weighted by Crippen LogP contribution is 2.57. The van der Waals surface area contributed by atoms with Crippen molar-refractivity contribution in [2.75, 3.05) is 0 Å². The fourth-order valence-electron chi connectivity index (χ4n) is 5.38. The summed E-state index contributed by atoms with van der Waals surface area (Å²) in [6.45, 7) is 11.3. The lowest BCUT2D eigenvalue weighted by Gasteiger charge is -2.40. The third kappa shape index (κ3) is 3.28. The molecule has 126 valence electrons. The molecule has 0 aromatic heterocycles. The summed E-state index contributed by atoms with van der Waals surface area (Å²) >= 11 is 0. The Balaban J connectivity index is 1.77. The van der Waals surface area contributed by atoms with Gasteiger partial charge in [-0.3, -0.25) is 0 Å². The van der Waals surface area contributed by atoms with Gasteiger partial charge in [-0.2, -0.15) is 0 Å². The molecule has 3 aliphatic rings. The normalized spacial score (nSPS) is 37.9. The summed E-state index contributed by atoms with van der Waals surface area (Å²) in [5.41, 5.74) is 5.36. The van der Waals surface area contributed by atoms with E-state index in [-0.39, 0.29) is 0 Å². The van der Waals surface area contributed by atoms with Crippen LogP contribution in [0.3, 0.4) is 0 Å². The molecular weight excluding hydrogens is 276 g/mol. The Morgan fingerprint density at radius 2 is 2.09 bits per heavy atom. The first kappa shape index (κ1) is 16.8. The van der Waals surface area contributed by atoms with Crippen molar-refractivity contribution in [2.45, 2.75) is 72.1 Å². The summed E-state index contributed by atoms with van der Waals surface area (Å²) in [4.78, 5) is 0. The molecule has 0 aliphatic heterocycles. The maximum absolute atomic E-state index is 3.99. The minimum absolute atomic E-state index is 0.506. The van der Waals surface area contributed by atoms with Gasteiger partial charge in [0, 0.05) is 0 Å². The van der Waals surface area contributed by atoms with E-state index in [4.69, 9.17) is 0 Å². The molecule has 0 aromatic rings. The van der Waals surface area contributed by atoms with Crippen LogP contribution in [0.25, 0.3) is 0 Å². The fourth-order valence-corrected chi connectivity index (χ4v) is 5.38. The Bertz CT molecular complexity index is 544. The molecule has 0 aromatic carbocycles. The van der Waals surface area contributed by atoms with E-state index in [0.717, 1.165) is 17.8 Å². The van der Waals surface area contributed by atoms with Gasteiger partial charge in [0.25, 0.3) is 0 Å². The van der Waals surface area contributed by atoms with Crippen molar-refractivity contribution in [1.29, 1.82) is 0 Å². The van der Waals surface area contributed by atoms with Gasteiger partial charge in [0.2, 0.25) is 0 Å². The molecule has 0 nitrogen and oxygen atoms in total. The van der Waals surface area contributed by atoms with Crippen LogP contribution in [0.15, 0.2) is 47.6 Å². The Morgan fingerprint density at radius 3 is 2.87 bits per heavy atom. The van der Waals surface area contributed by atoms with E-state index >= 15 is 0 Å². The van der Waals surface area contributed by atoms with E-state index in [1.807, 2.05) is 0 Å². The smallest absolute Gasteiger partial charge is 0.0108 e. The van der Waals surface area contributed by atoms with Crippen LogP contribution >= 0.6 is 0 Å². The van der Waals surface area contributed by atoms with E-state index in [1.54, 1.807) is 16.7 Å². The second-order valence-electron chi connectivity index (χ2n) is 8.59. The van der Waals surface area contributed by atoms with Crippen molar-refractivity contribution in [3.8, 4) is 0 Å². The summed E-state index contributed by atoms with van der Waals surface area (Å²) < 4.78 is 0. The summed E-state index contributed by atoms with van der Waals surface area (Å²) in [5, 5.41) is 0. The lowest BCUT2D eigenvalue weighted by molar-refractivity contribution is 0.158. The highest BCUT2D eigenvalue weighted by atomic mass is 14.5. The van der Waals surface area contributed by atoms with E-state index in [1.165, 1.54) is 51.4 Å². The second-order valence-corrected chi connectivity index (χ2v) is 8.59. The zero-order valence-electron chi connectivity index (χ0n) is 15.4. The van der Waals surface area contributed by atoms with Crippen molar-refractivity contribution < 1.29 is 0 Å². The van der Waals surface area contributed by atoms with Crippen LogP contribution in [0.4, 0.5) is 0 Å². The molecule has 0 N–H and O–H groups in total. The Morgan fingerprint density at radius 1 is 1.26 bits per heavy atom. The highest BCUT2D eigenvalue weighted by Gasteiger charge is 2.47. The summed E-state index contributed by atoms with van der Waals surface area (Å²) in [7, 11) is 0. The Hall–Kier alpha value is -1.04. The molecule has 4 unspecified atom stereocenters. The van der Waals surface area contributed by atoms with Gasteiger partial charge in [-0.25, -0.2) is 0 Å². The van der Waals surface area contributed by atoms with Crippen LogP contribution in [-0.2, 0) is 0 Å². The quantitative estimate of drug-likeness (QED) is 0.490. The lowest BCUT2D eigenvalue weighted by Crippen LogP contribution is -2.31. The van der Waals surface area contributed by atoms with Crippen LogP contribution in [-0.4, -0.2) is 0 Å². The van der Waals surface area contributed by atoms with Gasteiger partial charge >= 0.3 is 0 Å². The molecule has 0 radical (unpaired) electrons. The molecule has 0 heterocycles. The van der Waals surface area contributed by atoms with E-state index in [0.29, 0.717) is 5.41 Å². The van der Waals surface area contributed by atoms with Crippen molar-refractivity contribution in [1.82, 2.24) is 0 Å². The third-order valence-electron chi connectivity index (χ3n) is 7.05.